The van der Waals surface area contributed by atoms with E-state index in [0.717, 1.165) is 32.1 Å². The van der Waals surface area contributed by atoms with Gasteiger partial charge in [0.15, 0.2) is 0 Å². The van der Waals surface area contributed by atoms with Gasteiger partial charge in [-0.05, 0) is 68.1 Å². The number of carbonyl (C=O) groups excluding carboxylic acids is 1. The molecule has 9 nitrogen and oxygen atoms in total. The Bertz CT molecular complexity index is 1250. The van der Waals surface area contributed by atoms with Gasteiger partial charge in [0.25, 0.3) is 5.91 Å². The molecular weight excluding hydrogens is 478 g/mol. The van der Waals surface area contributed by atoms with Crippen LogP contribution >= 0.6 is 0 Å². The molecule has 0 saturated carbocycles. The Morgan fingerprint density at radius 3 is 1.94 bits per heavy atom. The smallest absolute Gasteiger partial charge is 0.255 e. The number of hydrogen-bond acceptors (Lipinski definition) is 6. The summed E-state index contributed by atoms with van der Waals surface area (Å²) in [7, 11) is -5.96. The lowest BCUT2D eigenvalue weighted by molar-refractivity contribution is 0.102. The van der Waals surface area contributed by atoms with Gasteiger partial charge in [-0.1, -0.05) is 6.42 Å². The first-order valence-electron chi connectivity index (χ1n) is 11.3. The summed E-state index contributed by atoms with van der Waals surface area (Å²) in [5, 5.41) is 2.71. The third-order valence-corrected chi connectivity index (χ3v) is 10.0. The van der Waals surface area contributed by atoms with Crippen LogP contribution < -0.4 is 10.1 Å². The fourth-order valence-electron chi connectivity index (χ4n) is 4.25. The van der Waals surface area contributed by atoms with Gasteiger partial charge in [0.05, 0.1) is 12.0 Å². The predicted molar refractivity (Wildman–Crippen MR) is 128 cm³/mol. The zero-order chi connectivity index (χ0) is 24.3. The van der Waals surface area contributed by atoms with Crippen molar-refractivity contribution in [3.8, 4) is 5.75 Å². The summed E-state index contributed by atoms with van der Waals surface area (Å²) in [4.78, 5) is 13.0. The van der Waals surface area contributed by atoms with E-state index in [9.17, 15) is 21.6 Å². The van der Waals surface area contributed by atoms with Gasteiger partial charge in [0.2, 0.25) is 20.0 Å². The minimum atomic E-state index is -3.79. The summed E-state index contributed by atoms with van der Waals surface area (Å²) >= 11 is 0. The first-order chi connectivity index (χ1) is 16.2. The maximum atomic E-state index is 13.1. The molecule has 0 spiro atoms. The summed E-state index contributed by atoms with van der Waals surface area (Å²) in [5.41, 5.74) is 0.561. The third-order valence-electron chi connectivity index (χ3n) is 6.17. The molecule has 0 aromatic heterocycles. The zero-order valence-electron chi connectivity index (χ0n) is 19.1. The molecule has 2 saturated heterocycles. The summed E-state index contributed by atoms with van der Waals surface area (Å²) in [6.45, 7) is 1.91. The van der Waals surface area contributed by atoms with Gasteiger partial charge in [-0.15, -0.1) is 0 Å². The normalized spacial score (nSPS) is 18.0. The lowest BCUT2D eigenvalue weighted by Gasteiger charge is -2.25. The van der Waals surface area contributed by atoms with Crippen LogP contribution in [0.25, 0.3) is 0 Å². The quantitative estimate of drug-likeness (QED) is 0.617. The van der Waals surface area contributed by atoms with Crippen molar-refractivity contribution in [3.63, 3.8) is 0 Å². The number of hydrogen-bond donors (Lipinski definition) is 1. The molecule has 0 bridgehead atoms. The summed E-state index contributed by atoms with van der Waals surface area (Å²) in [6, 6.07) is 10.3. The van der Waals surface area contributed by atoms with Gasteiger partial charge < -0.3 is 10.1 Å². The van der Waals surface area contributed by atoms with Crippen molar-refractivity contribution in [2.75, 3.05) is 38.6 Å². The molecule has 2 aromatic carbocycles. The van der Waals surface area contributed by atoms with Crippen molar-refractivity contribution < 1.29 is 26.4 Å². The van der Waals surface area contributed by atoms with E-state index in [4.69, 9.17) is 4.74 Å². The Hall–Kier alpha value is -2.47. The van der Waals surface area contributed by atoms with E-state index in [1.54, 1.807) is 0 Å². The second-order valence-electron chi connectivity index (χ2n) is 8.42. The number of nitrogens with one attached hydrogen (secondary N) is 1. The van der Waals surface area contributed by atoms with Crippen molar-refractivity contribution in [3.05, 3.63) is 48.0 Å². The summed E-state index contributed by atoms with van der Waals surface area (Å²) < 4.78 is 59.9. The molecule has 2 aliphatic heterocycles. The Balaban J connectivity index is 1.52. The van der Waals surface area contributed by atoms with Gasteiger partial charge in [-0.3, -0.25) is 4.79 Å². The molecular formula is C23H29N3O6S2. The standard InChI is InChI=1S/C23H29N3O6S2/c1-32-21-12-7-18(17-22(21)34(30,31)26-15-5-6-16-26)23(27)24-19-8-10-20(11-9-19)33(28,29)25-13-3-2-4-14-25/h7-12,17H,2-6,13-16H2,1H3,(H,24,27). The molecule has 2 fully saturated rings. The Morgan fingerprint density at radius 1 is 0.794 bits per heavy atom. The monoisotopic (exact) mass is 507 g/mol. The minimum absolute atomic E-state index is 0.0486. The lowest BCUT2D eigenvalue weighted by Crippen LogP contribution is -2.35. The summed E-state index contributed by atoms with van der Waals surface area (Å²) in [6.07, 6.45) is 4.33. The number of anilines is 1. The maximum absolute atomic E-state index is 13.1. The van der Waals surface area contributed by atoms with E-state index in [1.165, 1.54) is 58.2 Å². The Labute approximate surface area is 200 Å². The average Bonchev–Trinajstić information content (AvgIpc) is 3.40. The highest BCUT2D eigenvalue weighted by atomic mass is 32.2. The number of nitrogens with zero attached hydrogens (tertiary/aromatic N) is 2. The largest absolute Gasteiger partial charge is 0.495 e. The van der Waals surface area contributed by atoms with Crippen LogP contribution in [-0.2, 0) is 20.0 Å². The molecule has 4 rings (SSSR count). The van der Waals surface area contributed by atoms with Crippen molar-refractivity contribution in [1.29, 1.82) is 0 Å². The molecule has 0 aliphatic carbocycles. The van der Waals surface area contributed by atoms with Gasteiger partial charge >= 0.3 is 0 Å². The van der Waals surface area contributed by atoms with E-state index < -0.39 is 26.0 Å². The number of sulfonamides is 2. The van der Waals surface area contributed by atoms with E-state index in [2.05, 4.69) is 5.32 Å². The highest BCUT2D eigenvalue weighted by Gasteiger charge is 2.31. The van der Waals surface area contributed by atoms with Crippen LogP contribution in [0, 0.1) is 0 Å². The molecule has 1 N–H and O–H groups in total. The van der Waals surface area contributed by atoms with Crippen molar-refractivity contribution >= 4 is 31.6 Å². The lowest BCUT2D eigenvalue weighted by atomic mass is 10.2. The van der Waals surface area contributed by atoms with E-state index in [-0.39, 0.29) is 21.1 Å². The highest BCUT2D eigenvalue weighted by molar-refractivity contribution is 7.89. The fraction of sp³-hybridized carbons (Fsp3) is 0.435. The third kappa shape index (κ3) is 4.97. The van der Waals surface area contributed by atoms with Crippen LogP contribution in [-0.4, -0.2) is 64.6 Å². The van der Waals surface area contributed by atoms with Crippen molar-refractivity contribution in [2.24, 2.45) is 0 Å². The molecule has 0 unspecified atom stereocenters. The van der Waals surface area contributed by atoms with Crippen LogP contribution in [0.4, 0.5) is 5.69 Å². The molecule has 0 radical (unpaired) electrons. The van der Waals surface area contributed by atoms with Gasteiger partial charge in [-0.2, -0.15) is 8.61 Å². The predicted octanol–water partition coefficient (Wildman–Crippen LogP) is 2.91. The Morgan fingerprint density at radius 2 is 1.35 bits per heavy atom. The van der Waals surface area contributed by atoms with E-state index >= 15 is 0 Å². The van der Waals surface area contributed by atoms with Crippen LogP contribution in [0.1, 0.15) is 42.5 Å². The number of methoxy groups -OCH3 is 1. The van der Waals surface area contributed by atoms with E-state index in [0.29, 0.717) is 31.9 Å². The summed E-state index contributed by atoms with van der Waals surface area (Å²) in [5.74, 6) is -0.331. The van der Waals surface area contributed by atoms with Gasteiger partial charge in [-0.25, -0.2) is 16.8 Å². The number of carbonyl (C=O) groups is 1. The molecule has 11 heteroatoms. The minimum Gasteiger partial charge on any atom is -0.495 e. The second kappa shape index (κ2) is 10.0. The topological polar surface area (TPSA) is 113 Å². The second-order valence-corrected chi connectivity index (χ2v) is 12.3. The maximum Gasteiger partial charge on any atom is 0.255 e. The average molecular weight is 508 g/mol. The number of rotatable bonds is 7. The van der Waals surface area contributed by atoms with Crippen molar-refractivity contribution in [2.45, 2.75) is 41.9 Å². The molecule has 2 aliphatic rings. The number of piperidine rings is 1. The number of ether oxygens (including phenoxy) is 1. The fourth-order valence-corrected chi connectivity index (χ4v) is 7.47. The van der Waals surface area contributed by atoms with Crippen LogP contribution in [0.2, 0.25) is 0 Å². The van der Waals surface area contributed by atoms with Gasteiger partial charge in [0.1, 0.15) is 10.6 Å². The Kier molecular flexibility index (Phi) is 7.27. The van der Waals surface area contributed by atoms with Crippen LogP contribution in [0.5, 0.6) is 5.75 Å². The van der Waals surface area contributed by atoms with Crippen molar-refractivity contribution in [1.82, 2.24) is 8.61 Å². The molecule has 2 heterocycles. The zero-order valence-corrected chi connectivity index (χ0v) is 20.7. The SMILES string of the molecule is COc1ccc(C(=O)Nc2ccc(S(=O)(=O)N3CCCCC3)cc2)cc1S(=O)(=O)N1CCCC1. The first-order valence-corrected chi connectivity index (χ1v) is 14.2. The first kappa shape index (κ1) is 24.6. The van der Waals surface area contributed by atoms with Crippen LogP contribution in [0.3, 0.4) is 0 Å². The molecule has 184 valence electrons. The molecule has 34 heavy (non-hydrogen) atoms. The number of benzene rings is 2. The number of amides is 1. The molecule has 1 amide bonds. The van der Waals surface area contributed by atoms with Gasteiger partial charge in [0, 0.05) is 37.4 Å². The van der Waals surface area contributed by atoms with E-state index in [1.807, 2.05) is 0 Å². The van der Waals surface area contributed by atoms with Crippen LogP contribution in [0.15, 0.2) is 52.3 Å². The highest BCUT2D eigenvalue weighted by Crippen LogP contribution is 2.30. The molecule has 0 atom stereocenters. The molecule has 2 aromatic rings.